The van der Waals surface area contributed by atoms with Gasteiger partial charge in [0.25, 0.3) is 5.91 Å². The number of halogens is 4. The van der Waals surface area contributed by atoms with Gasteiger partial charge in [-0.15, -0.1) is 0 Å². The second-order valence-corrected chi connectivity index (χ2v) is 7.67. The number of imidazole rings is 1. The van der Waals surface area contributed by atoms with Gasteiger partial charge >= 0.3 is 6.18 Å². The van der Waals surface area contributed by atoms with Crippen molar-refractivity contribution in [2.45, 2.75) is 6.18 Å². The van der Waals surface area contributed by atoms with Crippen molar-refractivity contribution in [1.29, 1.82) is 0 Å². The van der Waals surface area contributed by atoms with Crippen LogP contribution in [0, 0.1) is 0 Å². The highest BCUT2D eigenvalue weighted by Gasteiger charge is 2.32. The predicted octanol–water partition coefficient (Wildman–Crippen LogP) is 3.65. The van der Waals surface area contributed by atoms with E-state index in [1.807, 2.05) is 6.20 Å². The minimum Gasteiger partial charge on any atom is -0.336 e. The average Bonchev–Trinajstić information content (AvgIpc) is 3.22. The van der Waals surface area contributed by atoms with Crippen molar-refractivity contribution in [1.82, 2.24) is 19.2 Å². The van der Waals surface area contributed by atoms with Crippen molar-refractivity contribution >= 4 is 28.9 Å². The molecule has 162 valence electrons. The summed E-state index contributed by atoms with van der Waals surface area (Å²) in [4.78, 5) is 33.2. The van der Waals surface area contributed by atoms with Crippen LogP contribution < -0.4 is 0 Å². The molecule has 0 atom stereocenters. The molecule has 1 amide bonds. The number of carbonyl (C=O) groups is 2. The highest BCUT2D eigenvalue weighted by molar-refractivity contribution is 6.34. The number of Topliss-reactive ketones (excluding diaryl/α,β-unsaturated/α-hetero) is 1. The number of amides is 1. The number of nitrogens with zero attached hydrogens (tertiary/aromatic N) is 4. The Morgan fingerprint density at radius 3 is 2.48 bits per heavy atom. The van der Waals surface area contributed by atoms with Gasteiger partial charge in [0.2, 0.25) is 0 Å². The molecule has 3 heterocycles. The number of ketones is 1. The van der Waals surface area contributed by atoms with Crippen molar-refractivity contribution in [3.63, 3.8) is 0 Å². The number of pyridine rings is 1. The van der Waals surface area contributed by atoms with Gasteiger partial charge in [0.15, 0.2) is 5.78 Å². The van der Waals surface area contributed by atoms with E-state index in [2.05, 4.69) is 4.98 Å². The van der Waals surface area contributed by atoms with Gasteiger partial charge in [0.1, 0.15) is 5.65 Å². The lowest BCUT2D eigenvalue weighted by Gasteiger charge is -2.34. The number of fused-ring (bicyclic) bond motifs is 1. The van der Waals surface area contributed by atoms with Crippen LogP contribution in [0.3, 0.4) is 0 Å². The highest BCUT2D eigenvalue weighted by Crippen LogP contribution is 2.32. The fourth-order valence-electron chi connectivity index (χ4n) is 3.60. The molecule has 31 heavy (non-hydrogen) atoms. The van der Waals surface area contributed by atoms with Crippen molar-refractivity contribution in [2.24, 2.45) is 0 Å². The Hall–Kier alpha value is -2.91. The molecule has 1 fully saturated rings. The molecular formula is C21H18ClF3N4O2. The third kappa shape index (κ3) is 4.42. The zero-order valence-corrected chi connectivity index (χ0v) is 17.0. The van der Waals surface area contributed by atoms with Gasteiger partial charge in [-0.2, -0.15) is 13.2 Å². The maximum atomic E-state index is 12.9. The first kappa shape index (κ1) is 21.3. The van der Waals surface area contributed by atoms with Gasteiger partial charge in [0, 0.05) is 50.3 Å². The normalized spacial score (nSPS) is 15.4. The summed E-state index contributed by atoms with van der Waals surface area (Å²) in [6.45, 7) is 1.56. The molecule has 0 radical (unpaired) electrons. The van der Waals surface area contributed by atoms with E-state index in [1.165, 1.54) is 0 Å². The van der Waals surface area contributed by atoms with Crippen molar-refractivity contribution in [3.8, 4) is 0 Å². The molecule has 10 heteroatoms. The van der Waals surface area contributed by atoms with Crippen molar-refractivity contribution in [2.75, 3.05) is 32.7 Å². The Balaban J connectivity index is 1.40. The number of carbonyl (C=O) groups excluding carboxylic acids is 2. The Morgan fingerprint density at radius 2 is 1.77 bits per heavy atom. The standard InChI is InChI=1S/C21H18ClF3N4O2/c22-17-4-3-14(21(23,24)25)12-16(17)18(30)13-27-8-10-29(11-9-27)20(31)15-2-1-6-28-7-5-26-19(15)28/h1-7,12H,8-11,13H2. The third-order valence-corrected chi connectivity index (χ3v) is 5.60. The van der Waals surface area contributed by atoms with E-state index in [-0.39, 0.29) is 23.0 Å². The molecule has 1 aliphatic rings. The second kappa shape index (κ2) is 8.32. The molecule has 0 aliphatic carbocycles. The minimum atomic E-state index is -4.55. The molecule has 0 N–H and O–H groups in total. The van der Waals surface area contributed by atoms with Crippen molar-refractivity contribution in [3.05, 3.63) is 70.6 Å². The van der Waals surface area contributed by atoms with Crippen LogP contribution in [0.5, 0.6) is 0 Å². The lowest BCUT2D eigenvalue weighted by molar-refractivity contribution is -0.137. The second-order valence-electron chi connectivity index (χ2n) is 7.26. The quantitative estimate of drug-likeness (QED) is 0.569. The van der Waals surface area contributed by atoms with E-state index >= 15 is 0 Å². The Labute approximate surface area is 180 Å². The number of benzene rings is 1. The molecule has 0 spiro atoms. The smallest absolute Gasteiger partial charge is 0.336 e. The zero-order chi connectivity index (χ0) is 22.2. The number of piperazine rings is 1. The zero-order valence-electron chi connectivity index (χ0n) is 16.3. The SMILES string of the molecule is O=C(CN1CCN(C(=O)c2cccn3ccnc23)CC1)c1cc(C(F)(F)F)ccc1Cl. The summed E-state index contributed by atoms with van der Waals surface area (Å²) in [6, 6.07) is 6.22. The first-order valence-corrected chi connectivity index (χ1v) is 9.95. The minimum absolute atomic E-state index is 0.0143. The van der Waals surface area contributed by atoms with E-state index in [0.29, 0.717) is 37.4 Å². The average molecular weight is 451 g/mol. The number of hydrogen-bond donors (Lipinski definition) is 0. The fraction of sp³-hybridized carbons (Fsp3) is 0.286. The lowest BCUT2D eigenvalue weighted by Crippen LogP contribution is -2.50. The van der Waals surface area contributed by atoms with Crippen LogP contribution in [0.15, 0.2) is 48.9 Å². The summed E-state index contributed by atoms with van der Waals surface area (Å²) in [5, 5.41) is -0.0143. The molecule has 4 rings (SSSR count). The van der Waals surface area contributed by atoms with E-state index in [9.17, 15) is 22.8 Å². The monoisotopic (exact) mass is 450 g/mol. The first-order chi connectivity index (χ1) is 14.7. The van der Waals surface area contributed by atoms with Crippen LogP contribution in [0.1, 0.15) is 26.3 Å². The molecule has 3 aromatic rings. The maximum Gasteiger partial charge on any atom is 0.416 e. The molecule has 1 aliphatic heterocycles. The maximum absolute atomic E-state index is 12.9. The van der Waals surface area contributed by atoms with Gasteiger partial charge in [-0.05, 0) is 30.3 Å². The third-order valence-electron chi connectivity index (χ3n) is 5.27. The number of alkyl halides is 3. The van der Waals surface area contributed by atoms with E-state index in [0.717, 1.165) is 18.2 Å². The largest absolute Gasteiger partial charge is 0.416 e. The van der Waals surface area contributed by atoms with Gasteiger partial charge in [-0.1, -0.05) is 11.6 Å². The molecular weight excluding hydrogens is 433 g/mol. The van der Waals surface area contributed by atoms with Crippen LogP contribution in [0.2, 0.25) is 5.02 Å². The van der Waals surface area contributed by atoms with Crippen molar-refractivity contribution < 1.29 is 22.8 Å². The Morgan fingerprint density at radius 1 is 1.03 bits per heavy atom. The summed E-state index contributed by atoms with van der Waals surface area (Å²) >= 11 is 5.96. The highest BCUT2D eigenvalue weighted by atomic mass is 35.5. The Kier molecular flexibility index (Phi) is 5.72. The van der Waals surface area contributed by atoms with Gasteiger partial charge in [-0.25, -0.2) is 4.98 Å². The van der Waals surface area contributed by atoms with Gasteiger partial charge < -0.3 is 9.30 Å². The molecule has 0 saturated carbocycles. The summed E-state index contributed by atoms with van der Waals surface area (Å²) in [5.74, 6) is -0.637. The van der Waals surface area contributed by atoms with Crippen LogP contribution in [0.25, 0.3) is 5.65 Å². The van der Waals surface area contributed by atoms with Crippen LogP contribution >= 0.6 is 11.6 Å². The molecule has 1 saturated heterocycles. The first-order valence-electron chi connectivity index (χ1n) is 9.57. The number of aromatic nitrogens is 2. The van der Waals surface area contributed by atoms with E-state index in [1.54, 1.807) is 38.7 Å². The summed E-state index contributed by atoms with van der Waals surface area (Å²) in [7, 11) is 0. The molecule has 0 unspecified atom stereocenters. The lowest BCUT2D eigenvalue weighted by atomic mass is 10.1. The molecule has 2 aromatic heterocycles. The predicted molar refractivity (Wildman–Crippen MR) is 108 cm³/mol. The van der Waals surface area contributed by atoms with E-state index in [4.69, 9.17) is 11.6 Å². The Bertz CT molecular complexity index is 1140. The molecule has 1 aromatic carbocycles. The number of hydrogen-bond acceptors (Lipinski definition) is 4. The fourth-order valence-corrected chi connectivity index (χ4v) is 3.82. The van der Waals surface area contributed by atoms with Crippen LogP contribution in [-0.2, 0) is 6.18 Å². The summed E-state index contributed by atoms with van der Waals surface area (Å²) < 4.78 is 40.6. The summed E-state index contributed by atoms with van der Waals surface area (Å²) in [5.41, 5.74) is 0.00175. The summed E-state index contributed by atoms with van der Waals surface area (Å²) in [6.07, 6.45) is 0.633. The van der Waals surface area contributed by atoms with Crippen LogP contribution in [-0.4, -0.2) is 63.6 Å². The van der Waals surface area contributed by atoms with Gasteiger partial charge in [-0.3, -0.25) is 14.5 Å². The molecule has 0 bridgehead atoms. The van der Waals surface area contributed by atoms with Gasteiger partial charge in [0.05, 0.1) is 22.7 Å². The van der Waals surface area contributed by atoms with E-state index < -0.39 is 17.5 Å². The number of rotatable bonds is 4. The topological polar surface area (TPSA) is 57.9 Å². The molecule has 6 nitrogen and oxygen atoms in total. The van der Waals surface area contributed by atoms with Crippen LogP contribution in [0.4, 0.5) is 13.2 Å².